The summed E-state index contributed by atoms with van der Waals surface area (Å²) in [5.74, 6) is 0.508. The molecule has 0 aliphatic heterocycles. The van der Waals surface area contributed by atoms with Crippen molar-refractivity contribution in [1.29, 1.82) is 0 Å². The van der Waals surface area contributed by atoms with Crippen molar-refractivity contribution in [1.82, 2.24) is 9.78 Å². The van der Waals surface area contributed by atoms with Crippen LogP contribution in [0.1, 0.15) is 0 Å². The van der Waals surface area contributed by atoms with Gasteiger partial charge >= 0.3 is 5.82 Å². The average molecular weight is 256 g/mol. The highest BCUT2D eigenvalue weighted by atomic mass is 16.5. The highest BCUT2D eigenvalue weighted by molar-refractivity contribution is 5.49. The smallest absolute Gasteiger partial charge is 0.345 e. The van der Waals surface area contributed by atoms with Gasteiger partial charge in [0.05, 0.1) is 0 Å². The lowest BCUT2D eigenvalue weighted by Gasteiger charge is -1.95. The van der Waals surface area contributed by atoms with E-state index in [1.807, 2.05) is 6.07 Å². The fraction of sp³-hybridized carbons (Fsp3) is 0. The van der Waals surface area contributed by atoms with E-state index in [0.717, 1.165) is 9.46 Å². The minimum Gasteiger partial charge on any atom is -0.350 e. The molecule has 0 bridgehead atoms. The van der Waals surface area contributed by atoms with Crippen LogP contribution in [0.4, 0.5) is 0 Å². The van der Waals surface area contributed by atoms with Crippen LogP contribution in [0.25, 0.3) is 17.2 Å². The van der Waals surface area contributed by atoms with Gasteiger partial charge in [-0.15, -0.1) is 4.68 Å². The van der Waals surface area contributed by atoms with E-state index in [0.29, 0.717) is 17.2 Å². The number of hydrogen-bond donors (Lipinski definition) is 2. The summed E-state index contributed by atoms with van der Waals surface area (Å²) < 4.78 is 3.52. The molecule has 0 atom stereocenters. The van der Waals surface area contributed by atoms with Crippen molar-refractivity contribution < 1.29 is 19.9 Å². The maximum absolute atomic E-state index is 9.71. The molecule has 94 valence electrons. The van der Waals surface area contributed by atoms with Crippen LogP contribution in [-0.2, 0) is 0 Å². The third-order valence-electron chi connectivity index (χ3n) is 2.74. The number of pyridine rings is 2. The molecule has 6 nitrogen and oxygen atoms in total. The standard InChI is InChI=1S/C13H12N4O2/c18-16-8-3-1-5-12(16)11-7-10-15(14-11)13-6-2-4-9-17(13)19/h1-10,18-19H/q+2. The number of hydrogen-bond acceptors (Lipinski definition) is 3. The molecule has 6 heteroatoms. The lowest BCUT2D eigenvalue weighted by atomic mass is 10.3. The Morgan fingerprint density at radius 3 is 2.37 bits per heavy atom. The van der Waals surface area contributed by atoms with E-state index in [1.54, 1.807) is 42.6 Å². The Bertz CT molecular complexity index is 664. The highest BCUT2D eigenvalue weighted by Crippen LogP contribution is 2.12. The van der Waals surface area contributed by atoms with E-state index < -0.39 is 0 Å². The molecule has 2 N–H and O–H groups in total. The van der Waals surface area contributed by atoms with E-state index in [1.165, 1.54) is 17.1 Å². The van der Waals surface area contributed by atoms with Crippen molar-refractivity contribution in [2.45, 2.75) is 0 Å². The molecular weight excluding hydrogens is 244 g/mol. The molecule has 0 amide bonds. The molecule has 3 heterocycles. The van der Waals surface area contributed by atoms with Crippen molar-refractivity contribution in [3.8, 4) is 17.2 Å². The molecule has 0 aromatic carbocycles. The second kappa shape index (κ2) is 4.41. The molecule has 0 saturated heterocycles. The highest BCUT2D eigenvalue weighted by Gasteiger charge is 2.19. The average Bonchev–Trinajstić information content (AvgIpc) is 2.89. The summed E-state index contributed by atoms with van der Waals surface area (Å²) >= 11 is 0. The second-order valence-corrected chi connectivity index (χ2v) is 3.98. The minimum atomic E-state index is 0.508. The van der Waals surface area contributed by atoms with Gasteiger partial charge in [0.25, 0.3) is 5.69 Å². The van der Waals surface area contributed by atoms with Crippen LogP contribution in [0.3, 0.4) is 0 Å². The fourth-order valence-corrected chi connectivity index (χ4v) is 1.83. The van der Waals surface area contributed by atoms with Crippen LogP contribution in [0.15, 0.2) is 61.1 Å². The molecule has 19 heavy (non-hydrogen) atoms. The Balaban J connectivity index is 2.06. The molecule has 0 radical (unpaired) electrons. The van der Waals surface area contributed by atoms with Crippen molar-refractivity contribution in [2.75, 3.05) is 0 Å². The normalized spacial score (nSPS) is 10.5. The third-order valence-corrected chi connectivity index (χ3v) is 2.74. The third kappa shape index (κ3) is 1.99. The zero-order valence-electron chi connectivity index (χ0n) is 9.96. The van der Waals surface area contributed by atoms with Gasteiger partial charge in [0.15, 0.2) is 5.69 Å². The maximum Gasteiger partial charge on any atom is 0.345 e. The SMILES string of the molecule is O[n+]1ccccc1-c1ccn(-c2cccc[n+]2O)n1. The van der Waals surface area contributed by atoms with E-state index in [9.17, 15) is 10.4 Å². The molecule has 0 unspecified atom stereocenters. The fourth-order valence-electron chi connectivity index (χ4n) is 1.83. The van der Waals surface area contributed by atoms with Crippen LogP contribution in [0.2, 0.25) is 0 Å². The molecule has 3 aromatic heterocycles. The topological polar surface area (TPSA) is 66.0 Å². The summed E-state index contributed by atoms with van der Waals surface area (Å²) in [6, 6.07) is 12.3. The Morgan fingerprint density at radius 1 is 0.895 bits per heavy atom. The van der Waals surface area contributed by atoms with Crippen LogP contribution < -0.4 is 9.46 Å². The lowest BCUT2D eigenvalue weighted by molar-refractivity contribution is -0.899. The lowest BCUT2D eigenvalue weighted by Crippen LogP contribution is -2.35. The summed E-state index contributed by atoms with van der Waals surface area (Å²) in [5, 5.41) is 23.7. The Kier molecular flexibility index (Phi) is 2.60. The van der Waals surface area contributed by atoms with Gasteiger partial charge in [0.1, 0.15) is 12.4 Å². The van der Waals surface area contributed by atoms with Crippen molar-refractivity contribution in [3.63, 3.8) is 0 Å². The van der Waals surface area contributed by atoms with Crippen molar-refractivity contribution in [3.05, 3.63) is 61.1 Å². The first kappa shape index (κ1) is 11.2. The van der Waals surface area contributed by atoms with Gasteiger partial charge in [0, 0.05) is 29.0 Å². The van der Waals surface area contributed by atoms with Gasteiger partial charge in [-0.25, -0.2) is 0 Å². The largest absolute Gasteiger partial charge is 0.350 e. The molecule has 3 rings (SSSR count). The maximum atomic E-state index is 9.71. The van der Waals surface area contributed by atoms with Crippen LogP contribution in [0.5, 0.6) is 0 Å². The zero-order valence-corrected chi connectivity index (χ0v) is 9.96. The van der Waals surface area contributed by atoms with Crippen LogP contribution >= 0.6 is 0 Å². The molecule has 0 aliphatic carbocycles. The monoisotopic (exact) mass is 256 g/mol. The minimum absolute atomic E-state index is 0.508. The number of nitrogens with zero attached hydrogens (tertiary/aromatic N) is 4. The summed E-state index contributed by atoms with van der Waals surface area (Å²) in [4.78, 5) is 0. The summed E-state index contributed by atoms with van der Waals surface area (Å²) in [5.41, 5.74) is 1.17. The molecule has 0 aliphatic rings. The van der Waals surface area contributed by atoms with E-state index >= 15 is 0 Å². The van der Waals surface area contributed by atoms with Gasteiger partial charge in [0.2, 0.25) is 6.20 Å². The summed E-state index contributed by atoms with van der Waals surface area (Å²) in [7, 11) is 0. The van der Waals surface area contributed by atoms with Gasteiger partial charge in [-0.1, -0.05) is 11.2 Å². The quantitative estimate of drug-likeness (QED) is 0.521. The van der Waals surface area contributed by atoms with Crippen LogP contribution in [0, 0.1) is 0 Å². The van der Waals surface area contributed by atoms with Gasteiger partial charge < -0.3 is 5.21 Å². The Morgan fingerprint density at radius 2 is 1.63 bits per heavy atom. The van der Waals surface area contributed by atoms with Gasteiger partial charge in [-0.05, 0) is 16.9 Å². The van der Waals surface area contributed by atoms with Crippen molar-refractivity contribution >= 4 is 0 Å². The van der Waals surface area contributed by atoms with Crippen LogP contribution in [-0.4, -0.2) is 20.2 Å². The zero-order chi connectivity index (χ0) is 13.2. The van der Waals surface area contributed by atoms with Gasteiger partial charge in [-0.2, -0.15) is 0 Å². The Labute approximate surface area is 109 Å². The molecule has 3 aromatic rings. The first-order chi connectivity index (χ1) is 9.25. The predicted octanol–water partition coefficient (Wildman–Crippen LogP) is 0.589. The van der Waals surface area contributed by atoms with E-state index in [-0.39, 0.29) is 0 Å². The summed E-state index contributed by atoms with van der Waals surface area (Å²) in [6.45, 7) is 0. The predicted molar refractivity (Wildman–Crippen MR) is 63.8 cm³/mol. The first-order valence-electron chi connectivity index (χ1n) is 5.72. The second-order valence-electron chi connectivity index (χ2n) is 3.98. The molecule has 0 spiro atoms. The molecule has 0 saturated carbocycles. The van der Waals surface area contributed by atoms with E-state index in [2.05, 4.69) is 5.10 Å². The number of aromatic nitrogens is 4. The number of rotatable bonds is 2. The Hall–Kier alpha value is -2.89. The van der Waals surface area contributed by atoms with Crippen molar-refractivity contribution in [2.24, 2.45) is 0 Å². The molecule has 0 fully saturated rings. The van der Waals surface area contributed by atoms with Gasteiger partial charge in [-0.3, -0.25) is 5.21 Å². The summed E-state index contributed by atoms with van der Waals surface area (Å²) in [6.07, 6.45) is 4.76. The molecular formula is C13H12N4O2+2. The first-order valence-corrected chi connectivity index (χ1v) is 5.72. The van der Waals surface area contributed by atoms with E-state index in [4.69, 9.17) is 0 Å².